The number of aromatic nitrogens is 3. The molecule has 1 N–H and O–H groups in total. The first-order valence-electron chi connectivity index (χ1n) is 9.49. The number of ether oxygens (including phenoxy) is 1. The van der Waals surface area contributed by atoms with Gasteiger partial charge in [0.05, 0.1) is 19.3 Å². The fraction of sp³-hybridized carbons (Fsp3) is 0.0870. The SMILES string of the molecule is COc1cccc(C(=O)Nc2ccccc2Sc2nc(Cl)nn2Cc2ccccc2)c1. The zero-order valence-corrected chi connectivity index (χ0v) is 18.2. The number of para-hydroxylation sites is 1. The predicted molar refractivity (Wildman–Crippen MR) is 122 cm³/mol. The summed E-state index contributed by atoms with van der Waals surface area (Å²) in [6.45, 7) is 0.543. The molecule has 0 aliphatic rings. The highest BCUT2D eigenvalue weighted by molar-refractivity contribution is 7.99. The third kappa shape index (κ3) is 5.25. The largest absolute Gasteiger partial charge is 0.497 e. The Labute approximate surface area is 189 Å². The van der Waals surface area contributed by atoms with Crippen LogP contribution in [0.4, 0.5) is 5.69 Å². The van der Waals surface area contributed by atoms with Crippen molar-refractivity contribution in [2.45, 2.75) is 16.6 Å². The number of amides is 1. The molecule has 0 saturated carbocycles. The Morgan fingerprint density at radius 1 is 1.06 bits per heavy atom. The van der Waals surface area contributed by atoms with E-state index < -0.39 is 0 Å². The van der Waals surface area contributed by atoms with Gasteiger partial charge in [-0.3, -0.25) is 4.79 Å². The van der Waals surface area contributed by atoms with Gasteiger partial charge in [-0.15, -0.1) is 5.10 Å². The first-order valence-corrected chi connectivity index (χ1v) is 10.7. The number of benzene rings is 3. The van der Waals surface area contributed by atoms with Gasteiger partial charge in [-0.2, -0.15) is 4.98 Å². The van der Waals surface area contributed by atoms with Crippen LogP contribution in [0.2, 0.25) is 5.28 Å². The predicted octanol–water partition coefficient (Wildman–Crippen LogP) is 5.39. The van der Waals surface area contributed by atoms with Gasteiger partial charge >= 0.3 is 0 Å². The van der Waals surface area contributed by atoms with Crippen LogP contribution < -0.4 is 10.1 Å². The fourth-order valence-electron chi connectivity index (χ4n) is 2.95. The lowest BCUT2D eigenvalue weighted by atomic mass is 10.2. The Morgan fingerprint density at radius 3 is 2.65 bits per heavy atom. The summed E-state index contributed by atoms with van der Waals surface area (Å²) in [6, 6.07) is 24.5. The highest BCUT2D eigenvalue weighted by Crippen LogP contribution is 2.33. The zero-order valence-electron chi connectivity index (χ0n) is 16.7. The van der Waals surface area contributed by atoms with Crippen LogP contribution in [0, 0.1) is 0 Å². The standard InChI is InChI=1S/C23H19ClN4O2S/c1-30-18-11-7-10-17(14-18)21(29)25-19-12-5-6-13-20(19)31-23-26-22(24)27-28(23)15-16-8-3-2-4-9-16/h2-14H,15H2,1H3,(H,25,29). The van der Waals surface area contributed by atoms with Gasteiger partial charge in [0.2, 0.25) is 5.28 Å². The second-order valence-electron chi connectivity index (χ2n) is 6.59. The minimum absolute atomic E-state index is 0.177. The molecule has 0 aliphatic heterocycles. The smallest absolute Gasteiger partial charge is 0.255 e. The molecule has 1 amide bonds. The van der Waals surface area contributed by atoms with E-state index in [9.17, 15) is 4.79 Å². The molecule has 1 aromatic heterocycles. The Morgan fingerprint density at radius 2 is 1.84 bits per heavy atom. The van der Waals surface area contributed by atoms with Crippen molar-refractivity contribution in [2.75, 3.05) is 12.4 Å². The summed E-state index contributed by atoms with van der Waals surface area (Å²) < 4.78 is 6.96. The number of hydrogen-bond donors (Lipinski definition) is 1. The lowest BCUT2D eigenvalue weighted by molar-refractivity contribution is 0.102. The number of anilines is 1. The van der Waals surface area contributed by atoms with Gasteiger partial charge in [0.1, 0.15) is 5.75 Å². The first kappa shape index (κ1) is 21.0. The van der Waals surface area contributed by atoms with Crippen molar-refractivity contribution < 1.29 is 9.53 Å². The molecule has 0 bridgehead atoms. The molecule has 4 aromatic rings. The molecule has 31 heavy (non-hydrogen) atoms. The van der Waals surface area contributed by atoms with Gasteiger partial charge in [-0.05, 0) is 59.3 Å². The van der Waals surface area contributed by atoms with E-state index in [2.05, 4.69) is 15.4 Å². The van der Waals surface area contributed by atoms with Crippen LogP contribution in [0.25, 0.3) is 0 Å². The maximum atomic E-state index is 12.8. The highest BCUT2D eigenvalue weighted by Gasteiger charge is 2.15. The van der Waals surface area contributed by atoms with Gasteiger partial charge in [0, 0.05) is 10.5 Å². The number of halogens is 1. The van der Waals surface area contributed by atoms with E-state index in [-0.39, 0.29) is 11.2 Å². The fourth-order valence-corrected chi connectivity index (χ4v) is 4.09. The van der Waals surface area contributed by atoms with E-state index in [0.717, 1.165) is 10.5 Å². The molecule has 156 valence electrons. The van der Waals surface area contributed by atoms with Crippen LogP contribution in [0.3, 0.4) is 0 Å². The number of carbonyl (C=O) groups excluding carboxylic acids is 1. The summed E-state index contributed by atoms with van der Waals surface area (Å²) in [5, 5.41) is 8.09. The number of nitrogens with zero attached hydrogens (tertiary/aromatic N) is 3. The summed E-state index contributed by atoms with van der Waals surface area (Å²) in [5.41, 5.74) is 2.27. The number of methoxy groups -OCH3 is 1. The third-order valence-corrected chi connectivity index (χ3v) is 5.68. The highest BCUT2D eigenvalue weighted by atomic mass is 35.5. The Balaban J connectivity index is 1.56. The summed E-state index contributed by atoms with van der Waals surface area (Å²) >= 11 is 7.48. The average molecular weight is 451 g/mol. The van der Waals surface area contributed by atoms with Crippen LogP contribution in [0.1, 0.15) is 15.9 Å². The number of hydrogen-bond acceptors (Lipinski definition) is 5. The van der Waals surface area contributed by atoms with Crippen molar-refractivity contribution in [3.8, 4) is 5.75 Å². The molecule has 0 fully saturated rings. The van der Waals surface area contributed by atoms with Crippen molar-refractivity contribution in [2.24, 2.45) is 0 Å². The van der Waals surface area contributed by atoms with Crippen molar-refractivity contribution in [3.05, 3.63) is 95.3 Å². The second kappa shape index (κ2) is 9.68. The van der Waals surface area contributed by atoms with E-state index in [0.29, 0.717) is 28.7 Å². The summed E-state index contributed by atoms with van der Waals surface area (Å²) in [4.78, 5) is 18.0. The number of nitrogens with one attached hydrogen (secondary N) is 1. The molecular weight excluding hydrogens is 432 g/mol. The zero-order chi connectivity index (χ0) is 21.6. The quantitative estimate of drug-likeness (QED) is 0.408. The minimum atomic E-state index is -0.226. The minimum Gasteiger partial charge on any atom is -0.497 e. The molecule has 0 aliphatic carbocycles. The van der Waals surface area contributed by atoms with Crippen molar-refractivity contribution in [1.29, 1.82) is 0 Å². The van der Waals surface area contributed by atoms with Crippen LogP contribution in [-0.4, -0.2) is 27.8 Å². The number of carbonyl (C=O) groups is 1. The molecule has 0 radical (unpaired) electrons. The summed E-state index contributed by atoms with van der Waals surface area (Å²) in [7, 11) is 1.57. The molecule has 0 atom stereocenters. The lowest BCUT2D eigenvalue weighted by Crippen LogP contribution is -2.12. The monoisotopic (exact) mass is 450 g/mol. The molecule has 0 spiro atoms. The van der Waals surface area contributed by atoms with Crippen LogP contribution in [-0.2, 0) is 6.54 Å². The van der Waals surface area contributed by atoms with Crippen molar-refractivity contribution >= 4 is 35.0 Å². The number of rotatable bonds is 7. The van der Waals surface area contributed by atoms with E-state index in [1.807, 2.05) is 54.6 Å². The normalized spacial score (nSPS) is 10.6. The van der Waals surface area contributed by atoms with Gasteiger partial charge in [-0.1, -0.05) is 48.5 Å². The van der Waals surface area contributed by atoms with Crippen molar-refractivity contribution in [3.63, 3.8) is 0 Å². The van der Waals surface area contributed by atoms with Crippen LogP contribution >= 0.6 is 23.4 Å². The first-order chi connectivity index (χ1) is 15.1. The Kier molecular flexibility index (Phi) is 6.54. The molecular formula is C23H19ClN4O2S. The molecule has 3 aromatic carbocycles. The topological polar surface area (TPSA) is 69.0 Å². The average Bonchev–Trinajstić information content (AvgIpc) is 3.14. The van der Waals surface area contributed by atoms with Gasteiger partial charge in [0.25, 0.3) is 5.91 Å². The van der Waals surface area contributed by atoms with Gasteiger partial charge in [0.15, 0.2) is 5.16 Å². The van der Waals surface area contributed by atoms with E-state index in [1.165, 1.54) is 11.8 Å². The summed E-state index contributed by atoms with van der Waals surface area (Å²) in [6.07, 6.45) is 0. The molecule has 1 heterocycles. The van der Waals surface area contributed by atoms with Crippen LogP contribution in [0.5, 0.6) is 5.75 Å². The summed E-state index contributed by atoms with van der Waals surface area (Å²) in [5.74, 6) is 0.398. The molecule has 4 rings (SSSR count). The maximum Gasteiger partial charge on any atom is 0.255 e. The molecule has 0 saturated heterocycles. The molecule has 6 nitrogen and oxygen atoms in total. The Hall–Kier alpha value is -3.29. The third-order valence-electron chi connectivity index (χ3n) is 4.46. The van der Waals surface area contributed by atoms with Crippen molar-refractivity contribution in [1.82, 2.24) is 14.8 Å². The second-order valence-corrected chi connectivity index (χ2v) is 7.94. The van der Waals surface area contributed by atoms with Gasteiger partial charge in [-0.25, -0.2) is 4.68 Å². The molecule has 8 heteroatoms. The van der Waals surface area contributed by atoms with E-state index >= 15 is 0 Å². The van der Waals surface area contributed by atoms with E-state index in [1.54, 1.807) is 36.1 Å². The van der Waals surface area contributed by atoms with Gasteiger partial charge < -0.3 is 10.1 Å². The lowest BCUT2D eigenvalue weighted by Gasteiger charge is -2.11. The maximum absolute atomic E-state index is 12.8. The molecule has 0 unspecified atom stereocenters. The Bertz CT molecular complexity index is 1200. The van der Waals surface area contributed by atoms with E-state index in [4.69, 9.17) is 16.3 Å². The van der Waals surface area contributed by atoms with Crippen LogP contribution in [0.15, 0.2) is 88.9 Å².